The molecule has 4 amide bonds. The average Bonchev–Trinajstić information content (AvgIpc) is 2.38. The van der Waals surface area contributed by atoms with Gasteiger partial charge in [-0.3, -0.25) is 0 Å². The van der Waals surface area contributed by atoms with E-state index < -0.39 is 12.1 Å². The lowest BCUT2D eigenvalue weighted by Gasteiger charge is -2.17. The third-order valence-corrected chi connectivity index (χ3v) is 2.57. The lowest BCUT2D eigenvalue weighted by Crippen LogP contribution is -2.43. The Morgan fingerprint density at radius 1 is 1.05 bits per heavy atom. The smallest absolute Gasteiger partial charge is 0.329 e. The van der Waals surface area contributed by atoms with Crippen molar-refractivity contribution >= 4 is 23.4 Å². The van der Waals surface area contributed by atoms with Crippen LogP contribution in [0.2, 0.25) is 0 Å². The molecule has 0 unspecified atom stereocenters. The number of benzene rings is 1. The summed E-state index contributed by atoms with van der Waals surface area (Å²) in [5.41, 5.74) is 1.68. The normalized spacial score (nSPS) is 9.68. The van der Waals surface area contributed by atoms with Crippen molar-refractivity contribution in [3.63, 3.8) is 0 Å². The molecule has 2 N–H and O–H groups in total. The minimum Gasteiger partial charge on any atom is -0.378 e. The number of amides is 4. The van der Waals surface area contributed by atoms with Gasteiger partial charge in [0.25, 0.3) is 0 Å². The van der Waals surface area contributed by atoms with E-state index >= 15 is 0 Å². The van der Waals surface area contributed by atoms with E-state index in [0.29, 0.717) is 12.2 Å². The molecule has 0 atom stereocenters. The summed E-state index contributed by atoms with van der Waals surface area (Å²) < 4.78 is 0. The van der Waals surface area contributed by atoms with E-state index in [4.69, 9.17) is 0 Å². The van der Waals surface area contributed by atoms with Crippen LogP contribution >= 0.6 is 0 Å². The molecule has 1 aromatic rings. The predicted octanol–water partition coefficient (Wildman–Crippen LogP) is 1.95. The molecule has 0 saturated heterocycles. The van der Waals surface area contributed by atoms with Crippen molar-refractivity contribution in [3.8, 4) is 0 Å². The Kier molecular flexibility index (Phi) is 5.17. The summed E-state index contributed by atoms with van der Waals surface area (Å²) in [4.78, 5) is 26.2. The third kappa shape index (κ3) is 4.17. The standard InChI is InChI=1S/C13H20N4O2/c1-5-14-12(18)17(4)13(19)15-10-6-8-11(9-7-10)16(2)3/h6-9H,5H2,1-4H3,(H,14,18)(H,15,19). The van der Waals surface area contributed by atoms with Crippen molar-refractivity contribution in [1.82, 2.24) is 10.2 Å². The van der Waals surface area contributed by atoms with Gasteiger partial charge in [-0.25, -0.2) is 14.5 Å². The highest BCUT2D eigenvalue weighted by Gasteiger charge is 2.15. The number of nitrogens with one attached hydrogen (secondary N) is 2. The summed E-state index contributed by atoms with van der Waals surface area (Å²) >= 11 is 0. The van der Waals surface area contributed by atoms with Crippen molar-refractivity contribution in [2.45, 2.75) is 6.92 Å². The van der Waals surface area contributed by atoms with E-state index in [0.717, 1.165) is 10.6 Å². The van der Waals surface area contributed by atoms with E-state index in [-0.39, 0.29) is 0 Å². The first-order valence-corrected chi connectivity index (χ1v) is 6.05. The third-order valence-electron chi connectivity index (χ3n) is 2.57. The maximum Gasteiger partial charge on any atom is 0.329 e. The number of anilines is 2. The summed E-state index contributed by atoms with van der Waals surface area (Å²) in [6.45, 7) is 2.28. The number of carbonyl (C=O) groups excluding carboxylic acids is 2. The van der Waals surface area contributed by atoms with Gasteiger partial charge in [-0.2, -0.15) is 0 Å². The van der Waals surface area contributed by atoms with E-state index in [1.54, 1.807) is 19.1 Å². The second-order valence-electron chi connectivity index (χ2n) is 4.27. The van der Waals surface area contributed by atoms with Gasteiger partial charge in [-0.05, 0) is 31.2 Å². The number of carbonyl (C=O) groups is 2. The lowest BCUT2D eigenvalue weighted by atomic mass is 10.2. The van der Waals surface area contributed by atoms with Crippen LogP contribution in [-0.2, 0) is 0 Å². The fourth-order valence-electron chi connectivity index (χ4n) is 1.41. The largest absolute Gasteiger partial charge is 0.378 e. The fraction of sp³-hybridized carbons (Fsp3) is 0.385. The Labute approximate surface area is 113 Å². The summed E-state index contributed by atoms with van der Waals surface area (Å²) in [5, 5.41) is 5.21. The van der Waals surface area contributed by atoms with Crippen LogP contribution in [-0.4, -0.2) is 44.6 Å². The van der Waals surface area contributed by atoms with Crippen molar-refractivity contribution in [2.24, 2.45) is 0 Å². The molecule has 1 aromatic carbocycles. The minimum absolute atomic E-state index is 0.426. The molecule has 0 saturated carbocycles. The second kappa shape index (κ2) is 6.63. The topological polar surface area (TPSA) is 64.7 Å². The Hall–Kier alpha value is -2.24. The minimum atomic E-state index is -0.469. The Morgan fingerprint density at radius 2 is 1.63 bits per heavy atom. The SMILES string of the molecule is CCNC(=O)N(C)C(=O)Nc1ccc(N(C)C)cc1. The molecule has 0 heterocycles. The lowest BCUT2D eigenvalue weighted by molar-refractivity contribution is 0.202. The van der Waals surface area contributed by atoms with Gasteiger partial charge in [0.2, 0.25) is 0 Å². The van der Waals surface area contributed by atoms with Crippen molar-refractivity contribution in [3.05, 3.63) is 24.3 Å². The molecule has 0 aliphatic heterocycles. The van der Waals surface area contributed by atoms with Crippen LogP contribution in [0.4, 0.5) is 21.0 Å². The van der Waals surface area contributed by atoms with Crippen LogP contribution in [0.1, 0.15) is 6.92 Å². The number of hydrogen-bond donors (Lipinski definition) is 2. The molecule has 0 radical (unpaired) electrons. The molecule has 19 heavy (non-hydrogen) atoms. The summed E-state index contributed by atoms with van der Waals surface area (Å²) in [5.74, 6) is 0. The Morgan fingerprint density at radius 3 is 2.11 bits per heavy atom. The zero-order chi connectivity index (χ0) is 14.4. The zero-order valence-corrected chi connectivity index (χ0v) is 11.7. The molecule has 0 aliphatic rings. The van der Waals surface area contributed by atoms with Gasteiger partial charge in [0.1, 0.15) is 0 Å². The quantitative estimate of drug-likeness (QED) is 0.877. The van der Waals surface area contributed by atoms with E-state index in [2.05, 4.69) is 10.6 Å². The zero-order valence-electron chi connectivity index (χ0n) is 11.7. The molecule has 6 nitrogen and oxygen atoms in total. The predicted molar refractivity (Wildman–Crippen MR) is 76.6 cm³/mol. The molecule has 0 spiro atoms. The van der Waals surface area contributed by atoms with Crippen LogP contribution in [0, 0.1) is 0 Å². The molecule has 0 fully saturated rings. The van der Waals surface area contributed by atoms with Crippen molar-refractivity contribution in [1.29, 1.82) is 0 Å². The highest BCUT2D eigenvalue weighted by molar-refractivity contribution is 6.00. The number of rotatable bonds is 3. The molecule has 0 bridgehead atoms. The molecular weight excluding hydrogens is 244 g/mol. The Bertz CT molecular complexity index is 442. The molecule has 0 aliphatic carbocycles. The first-order chi connectivity index (χ1) is 8.95. The van der Waals surface area contributed by atoms with Crippen molar-refractivity contribution < 1.29 is 9.59 Å². The molecule has 0 aromatic heterocycles. The number of nitrogens with zero attached hydrogens (tertiary/aromatic N) is 2. The monoisotopic (exact) mass is 264 g/mol. The highest BCUT2D eigenvalue weighted by Crippen LogP contribution is 2.15. The second-order valence-corrected chi connectivity index (χ2v) is 4.27. The summed E-state index contributed by atoms with van der Waals surface area (Å²) in [6, 6.07) is 6.47. The maximum absolute atomic E-state index is 11.8. The van der Waals surface area contributed by atoms with Gasteiger partial charge in [0, 0.05) is 39.1 Å². The number of urea groups is 2. The molecule has 6 heteroatoms. The Balaban J connectivity index is 2.64. The highest BCUT2D eigenvalue weighted by atomic mass is 16.2. The van der Waals surface area contributed by atoms with E-state index in [9.17, 15) is 9.59 Å². The summed E-state index contributed by atoms with van der Waals surface area (Å²) in [7, 11) is 5.31. The molecule has 1 rings (SSSR count). The first-order valence-electron chi connectivity index (χ1n) is 6.05. The number of imide groups is 1. The molecule has 104 valence electrons. The maximum atomic E-state index is 11.8. The van der Waals surface area contributed by atoms with Crippen LogP contribution < -0.4 is 15.5 Å². The van der Waals surface area contributed by atoms with Gasteiger partial charge in [0.15, 0.2) is 0 Å². The van der Waals surface area contributed by atoms with E-state index in [1.165, 1.54) is 7.05 Å². The van der Waals surface area contributed by atoms with Gasteiger partial charge >= 0.3 is 12.1 Å². The molecular formula is C13H20N4O2. The van der Waals surface area contributed by atoms with Gasteiger partial charge in [-0.15, -0.1) is 0 Å². The van der Waals surface area contributed by atoms with Crippen LogP contribution in [0.3, 0.4) is 0 Å². The van der Waals surface area contributed by atoms with Gasteiger partial charge < -0.3 is 15.5 Å². The van der Waals surface area contributed by atoms with Crippen molar-refractivity contribution in [2.75, 3.05) is 37.9 Å². The van der Waals surface area contributed by atoms with Crippen LogP contribution in [0.25, 0.3) is 0 Å². The summed E-state index contributed by atoms with van der Waals surface area (Å²) in [6.07, 6.45) is 0. The first kappa shape index (κ1) is 14.8. The van der Waals surface area contributed by atoms with Gasteiger partial charge in [0.05, 0.1) is 0 Å². The van der Waals surface area contributed by atoms with Crippen LogP contribution in [0.15, 0.2) is 24.3 Å². The number of hydrogen-bond acceptors (Lipinski definition) is 3. The van der Waals surface area contributed by atoms with Gasteiger partial charge in [-0.1, -0.05) is 0 Å². The fourth-order valence-corrected chi connectivity index (χ4v) is 1.41. The van der Waals surface area contributed by atoms with Crippen LogP contribution in [0.5, 0.6) is 0 Å². The average molecular weight is 264 g/mol. The van der Waals surface area contributed by atoms with E-state index in [1.807, 2.05) is 31.1 Å².